The van der Waals surface area contributed by atoms with Gasteiger partial charge in [0, 0.05) is 24.4 Å². The van der Waals surface area contributed by atoms with Crippen LogP contribution in [0.15, 0.2) is 18.2 Å². The Hall–Kier alpha value is -1.62. The molecule has 0 aromatic heterocycles. The third-order valence-corrected chi connectivity index (χ3v) is 3.92. The van der Waals surface area contributed by atoms with Gasteiger partial charge in [-0.15, -0.1) is 0 Å². The van der Waals surface area contributed by atoms with E-state index in [4.69, 9.17) is 4.74 Å². The summed E-state index contributed by atoms with van der Waals surface area (Å²) in [5.41, 5.74) is 0.913. The number of carbonyl (C=O) groups excluding carboxylic acids is 1. The lowest BCUT2D eigenvalue weighted by atomic mass is 9.87. The normalized spacial score (nSPS) is 17.6. The van der Waals surface area contributed by atoms with Crippen molar-refractivity contribution in [3.05, 3.63) is 29.6 Å². The molecule has 4 nitrogen and oxygen atoms in total. The van der Waals surface area contributed by atoms with Crippen molar-refractivity contribution >= 4 is 11.7 Å². The van der Waals surface area contributed by atoms with E-state index in [1.54, 1.807) is 19.1 Å². The van der Waals surface area contributed by atoms with Crippen molar-refractivity contribution in [3.63, 3.8) is 0 Å². The molecule has 0 radical (unpaired) electrons. The van der Waals surface area contributed by atoms with Gasteiger partial charge < -0.3 is 15.4 Å². The fourth-order valence-corrected chi connectivity index (χ4v) is 2.45. The number of urea groups is 1. The van der Waals surface area contributed by atoms with Gasteiger partial charge in [-0.25, -0.2) is 9.18 Å². The number of carbonyl (C=O) groups is 1. The van der Waals surface area contributed by atoms with Gasteiger partial charge in [-0.2, -0.15) is 0 Å². The molecular weight excluding hydrogens is 259 g/mol. The third kappa shape index (κ3) is 3.48. The molecule has 0 spiro atoms. The molecule has 2 N–H and O–H groups in total. The summed E-state index contributed by atoms with van der Waals surface area (Å²) in [5.74, 6) is -0.273. The molecule has 110 valence electrons. The van der Waals surface area contributed by atoms with Gasteiger partial charge in [0.25, 0.3) is 0 Å². The molecule has 20 heavy (non-hydrogen) atoms. The lowest BCUT2D eigenvalue weighted by molar-refractivity contribution is 0.0416. The maximum atomic E-state index is 13.2. The fraction of sp³-hybridized carbons (Fsp3) is 0.533. The number of ether oxygens (including phenoxy) is 1. The van der Waals surface area contributed by atoms with Crippen LogP contribution >= 0.6 is 0 Å². The van der Waals surface area contributed by atoms with E-state index in [0.717, 1.165) is 19.3 Å². The Kier molecular flexibility index (Phi) is 4.60. The summed E-state index contributed by atoms with van der Waals surface area (Å²) in [7, 11) is 0. The average Bonchev–Trinajstić information content (AvgIpc) is 2.44. The zero-order valence-corrected chi connectivity index (χ0v) is 12.0. The number of rotatable bonds is 3. The lowest BCUT2D eigenvalue weighted by Gasteiger charge is -2.37. The highest BCUT2D eigenvalue weighted by atomic mass is 19.1. The highest BCUT2D eigenvalue weighted by Gasteiger charge is 2.32. The van der Waals surface area contributed by atoms with Gasteiger partial charge in [0.2, 0.25) is 0 Å². The minimum Gasteiger partial charge on any atom is -0.381 e. The molecular formula is C15H21FN2O2. The van der Waals surface area contributed by atoms with Crippen molar-refractivity contribution in [2.75, 3.05) is 18.5 Å². The highest BCUT2D eigenvalue weighted by Crippen LogP contribution is 2.24. The van der Waals surface area contributed by atoms with Crippen LogP contribution in [0.2, 0.25) is 0 Å². The molecule has 0 bridgehead atoms. The Balaban J connectivity index is 1.98. The number of hydrogen-bond donors (Lipinski definition) is 2. The Bertz CT molecular complexity index is 485. The minimum atomic E-state index is -0.273. The van der Waals surface area contributed by atoms with Crippen molar-refractivity contribution < 1.29 is 13.9 Å². The van der Waals surface area contributed by atoms with E-state index in [2.05, 4.69) is 17.6 Å². The van der Waals surface area contributed by atoms with Crippen LogP contribution in [0.4, 0.5) is 14.9 Å². The van der Waals surface area contributed by atoms with Crippen LogP contribution < -0.4 is 10.6 Å². The molecule has 1 saturated heterocycles. The second kappa shape index (κ2) is 6.22. The smallest absolute Gasteiger partial charge is 0.319 e. The molecule has 0 unspecified atom stereocenters. The van der Waals surface area contributed by atoms with Crippen LogP contribution in [0.3, 0.4) is 0 Å². The second-order valence-electron chi connectivity index (χ2n) is 5.29. The van der Waals surface area contributed by atoms with E-state index < -0.39 is 0 Å². The van der Waals surface area contributed by atoms with E-state index >= 15 is 0 Å². The number of benzene rings is 1. The van der Waals surface area contributed by atoms with E-state index in [-0.39, 0.29) is 17.4 Å². The number of hydrogen-bond acceptors (Lipinski definition) is 2. The molecule has 2 amide bonds. The van der Waals surface area contributed by atoms with Gasteiger partial charge in [-0.1, -0.05) is 6.92 Å². The summed E-state index contributed by atoms with van der Waals surface area (Å²) >= 11 is 0. The first-order valence-electron chi connectivity index (χ1n) is 6.98. The standard InChI is InChI=1S/C15H21FN2O2/c1-3-15(6-8-20-9-7-15)18-14(19)17-12-4-5-13(16)11(2)10-12/h4-5,10H,3,6-9H2,1-2H3,(H2,17,18,19). The average molecular weight is 280 g/mol. The zero-order chi connectivity index (χ0) is 14.6. The predicted molar refractivity (Wildman–Crippen MR) is 76.4 cm³/mol. The van der Waals surface area contributed by atoms with Gasteiger partial charge in [-0.3, -0.25) is 0 Å². The highest BCUT2D eigenvalue weighted by molar-refractivity contribution is 5.89. The first-order chi connectivity index (χ1) is 9.54. The summed E-state index contributed by atoms with van der Waals surface area (Å²) in [5, 5.41) is 5.80. The molecule has 1 aliphatic heterocycles. The van der Waals surface area contributed by atoms with E-state index in [1.165, 1.54) is 6.07 Å². The molecule has 1 aromatic carbocycles. The molecule has 0 atom stereocenters. The SMILES string of the molecule is CCC1(NC(=O)Nc2ccc(F)c(C)c2)CCOCC1. The van der Waals surface area contributed by atoms with Crippen LogP contribution in [0.5, 0.6) is 0 Å². The minimum absolute atomic E-state index is 0.197. The van der Waals surface area contributed by atoms with Crippen molar-refractivity contribution in [2.45, 2.75) is 38.6 Å². The summed E-state index contributed by atoms with van der Waals surface area (Å²) < 4.78 is 18.5. The maximum absolute atomic E-state index is 13.2. The largest absolute Gasteiger partial charge is 0.381 e. The number of aryl methyl sites for hydroxylation is 1. The molecule has 0 aliphatic carbocycles. The van der Waals surface area contributed by atoms with Gasteiger partial charge in [0.1, 0.15) is 5.82 Å². The monoisotopic (exact) mass is 280 g/mol. The summed E-state index contributed by atoms with van der Waals surface area (Å²) in [6.07, 6.45) is 2.50. The van der Waals surface area contributed by atoms with Crippen LogP contribution in [0, 0.1) is 12.7 Å². The Morgan fingerprint density at radius 1 is 1.40 bits per heavy atom. The zero-order valence-electron chi connectivity index (χ0n) is 12.0. The molecule has 1 aromatic rings. The maximum Gasteiger partial charge on any atom is 0.319 e. The molecule has 5 heteroatoms. The van der Waals surface area contributed by atoms with Crippen LogP contribution in [0.1, 0.15) is 31.7 Å². The van der Waals surface area contributed by atoms with Crippen LogP contribution in [0.25, 0.3) is 0 Å². The summed E-state index contributed by atoms with van der Waals surface area (Å²) in [4.78, 5) is 12.1. The van der Waals surface area contributed by atoms with Crippen molar-refractivity contribution in [3.8, 4) is 0 Å². The van der Waals surface area contributed by atoms with E-state index in [0.29, 0.717) is 24.5 Å². The van der Waals surface area contributed by atoms with Crippen molar-refractivity contribution in [1.29, 1.82) is 0 Å². The van der Waals surface area contributed by atoms with E-state index in [9.17, 15) is 9.18 Å². The lowest BCUT2D eigenvalue weighted by Crippen LogP contribution is -2.52. The summed E-state index contributed by atoms with van der Waals surface area (Å²) in [6.45, 7) is 5.08. The fourth-order valence-electron chi connectivity index (χ4n) is 2.45. The van der Waals surface area contributed by atoms with Crippen molar-refractivity contribution in [1.82, 2.24) is 5.32 Å². The predicted octanol–water partition coefficient (Wildman–Crippen LogP) is 3.21. The number of halogens is 1. The van der Waals surface area contributed by atoms with Crippen LogP contribution in [-0.4, -0.2) is 24.8 Å². The third-order valence-electron chi connectivity index (χ3n) is 3.92. The van der Waals surface area contributed by atoms with Gasteiger partial charge in [0.15, 0.2) is 0 Å². The first kappa shape index (κ1) is 14.8. The van der Waals surface area contributed by atoms with Gasteiger partial charge in [-0.05, 0) is 49.9 Å². The molecule has 1 fully saturated rings. The Morgan fingerprint density at radius 3 is 2.70 bits per heavy atom. The number of amides is 2. The number of nitrogens with one attached hydrogen (secondary N) is 2. The Labute approximate surface area is 118 Å². The van der Waals surface area contributed by atoms with E-state index in [1.807, 2.05) is 0 Å². The quantitative estimate of drug-likeness (QED) is 0.893. The molecule has 1 aliphatic rings. The van der Waals surface area contributed by atoms with Gasteiger partial charge in [0.05, 0.1) is 0 Å². The number of anilines is 1. The molecule has 1 heterocycles. The van der Waals surface area contributed by atoms with Crippen molar-refractivity contribution in [2.24, 2.45) is 0 Å². The molecule has 2 rings (SSSR count). The molecule has 0 saturated carbocycles. The van der Waals surface area contributed by atoms with Crippen LogP contribution in [-0.2, 0) is 4.74 Å². The van der Waals surface area contributed by atoms with Gasteiger partial charge >= 0.3 is 6.03 Å². The first-order valence-corrected chi connectivity index (χ1v) is 6.98. The topological polar surface area (TPSA) is 50.4 Å². The Morgan fingerprint density at radius 2 is 2.10 bits per heavy atom. The second-order valence-corrected chi connectivity index (χ2v) is 5.29. The summed E-state index contributed by atoms with van der Waals surface area (Å²) in [6, 6.07) is 4.29.